The van der Waals surface area contributed by atoms with Crippen molar-refractivity contribution in [3.8, 4) is 0 Å². The van der Waals surface area contributed by atoms with Crippen molar-refractivity contribution in [2.24, 2.45) is 11.8 Å². The van der Waals surface area contributed by atoms with Crippen molar-refractivity contribution in [2.75, 3.05) is 0 Å². The van der Waals surface area contributed by atoms with E-state index in [1.165, 1.54) is 13.8 Å². The van der Waals surface area contributed by atoms with Gasteiger partial charge in [-0.25, -0.2) is 0 Å². The fourth-order valence-electron chi connectivity index (χ4n) is 1.62. The van der Waals surface area contributed by atoms with Crippen LogP contribution in [0.15, 0.2) is 0 Å². The Morgan fingerprint density at radius 3 is 2.00 bits per heavy atom. The molecule has 0 aliphatic carbocycles. The van der Waals surface area contributed by atoms with Crippen molar-refractivity contribution >= 4 is 5.97 Å². The van der Waals surface area contributed by atoms with Crippen LogP contribution in [0.1, 0.15) is 34.1 Å². The first-order chi connectivity index (χ1) is 7.16. The van der Waals surface area contributed by atoms with E-state index >= 15 is 0 Å². The molecule has 5 heteroatoms. The quantitative estimate of drug-likeness (QED) is 0.527. The largest absolute Gasteiger partial charge is 0.481 e. The predicted molar refractivity (Wildman–Crippen MR) is 58.9 cm³/mol. The van der Waals surface area contributed by atoms with Crippen molar-refractivity contribution in [2.45, 2.75) is 51.9 Å². The van der Waals surface area contributed by atoms with Gasteiger partial charge in [0.05, 0.1) is 18.1 Å². The molecular formula is C11H22O5. The number of carboxylic acids is 1. The Morgan fingerprint density at radius 1 is 1.25 bits per heavy atom. The van der Waals surface area contributed by atoms with Gasteiger partial charge in [-0.3, -0.25) is 4.79 Å². The van der Waals surface area contributed by atoms with Crippen molar-refractivity contribution in [1.29, 1.82) is 0 Å². The lowest BCUT2D eigenvalue weighted by atomic mass is 9.79. The van der Waals surface area contributed by atoms with E-state index < -0.39 is 29.7 Å². The molecule has 0 radical (unpaired) electrons. The van der Waals surface area contributed by atoms with Gasteiger partial charge in [0.1, 0.15) is 5.60 Å². The molecule has 96 valence electrons. The van der Waals surface area contributed by atoms with E-state index in [4.69, 9.17) is 5.11 Å². The molecule has 0 aromatic rings. The average molecular weight is 234 g/mol. The van der Waals surface area contributed by atoms with E-state index in [0.717, 1.165) is 0 Å². The topological polar surface area (TPSA) is 98.0 Å². The monoisotopic (exact) mass is 234 g/mol. The number of carboxylic acid groups (broad SMARTS) is 1. The van der Waals surface area contributed by atoms with Crippen molar-refractivity contribution in [3.63, 3.8) is 0 Å². The molecule has 4 N–H and O–H groups in total. The molecule has 0 aliphatic heterocycles. The highest BCUT2D eigenvalue weighted by molar-refractivity contribution is 5.70. The molecule has 5 nitrogen and oxygen atoms in total. The third kappa shape index (κ3) is 3.17. The summed E-state index contributed by atoms with van der Waals surface area (Å²) in [7, 11) is 0. The number of aliphatic hydroxyl groups excluding tert-OH is 2. The Balaban J connectivity index is 4.82. The number of aliphatic hydroxyl groups is 3. The fourth-order valence-corrected chi connectivity index (χ4v) is 1.62. The summed E-state index contributed by atoms with van der Waals surface area (Å²) in [6, 6.07) is 0. The molecule has 0 bridgehead atoms. The first kappa shape index (κ1) is 15.3. The second-order valence-electron chi connectivity index (χ2n) is 4.63. The van der Waals surface area contributed by atoms with E-state index in [-0.39, 0.29) is 5.92 Å². The summed E-state index contributed by atoms with van der Waals surface area (Å²) in [6.07, 6.45) is -2.03. The Hall–Kier alpha value is -0.650. The molecule has 5 atom stereocenters. The molecule has 0 heterocycles. The van der Waals surface area contributed by atoms with Gasteiger partial charge in [-0.15, -0.1) is 0 Å². The second kappa shape index (κ2) is 5.61. The third-order valence-corrected chi connectivity index (χ3v) is 3.24. The van der Waals surface area contributed by atoms with Crippen LogP contribution in [0.5, 0.6) is 0 Å². The lowest BCUT2D eigenvalue weighted by Gasteiger charge is -2.38. The van der Waals surface area contributed by atoms with Gasteiger partial charge in [0.25, 0.3) is 0 Å². The van der Waals surface area contributed by atoms with Crippen molar-refractivity contribution < 1.29 is 25.2 Å². The van der Waals surface area contributed by atoms with Crippen LogP contribution in [-0.4, -0.2) is 44.2 Å². The Kier molecular flexibility index (Phi) is 5.38. The highest BCUT2D eigenvalue weighted by Crippen LogP contribution is 2.27. The van der Waals surface area contributed by atoms with E-state index in [0.29, 0.717) is 6.42 Å². The molecule has 0 fully saturated rings. The average Bonchev–Trinajstić information content (AvgIpc) is 2.24. The van der Waals surface area contributed by atoms with Gasteiger partial charge in [0.15, 0.2) is 0 Å². The summed E-state index contributed by atoms with van der Waals surface area (Å²) in [5, 5.41) is 38.3. The van der Waals surface area contributed by atoms with Gasteiger partial charge < -0.3 is 20.4 Å². The van der Waals surface area contributed by atoms with Crippen molar-refractivity contribution in [3.05, 3.63) is 0 Å². The highest BCUT2D eigenvalue weighted by atomic mass is 16.4. The summed E-state index contributed by atoms with van der Waals surface area (Å²) < 4.78 is 0. The number of hydrogen-bond donors (Lipinski definition) is 4. The van der Waals surface area contributed by atoms with Crippen molar-refractivity contribution in [1.82, 2.24) is 0 Å². The van der Waals surface area contributed by atoms with Gasteiger partial charge in [0.2, 0.25) is 0 Å². The summed E-state index contributed by atoms with van der Waals surface area (Å²) in [5.74, 6) is -2.55. The van der Waals surface area contributed by atoms with Crippen LogP contribution in [0, 0.1) is 11.8 Å². The molecule has 16 heavy (non-hydrogen) atoms. The zero-order chi connectivity index (χ0) is 13.1. The predicted octanol–water partition coefficient (Wildman–Crippen LogP) is 0.226. The Morgan fingerprint density at radius 2 is 1.69 bits per heavy atom. The maximum atomic E-state index is 10.7. The Labute approximate surface area is 95.7 Å². The summed E-state index contributed by atoms with van der Waals surface area (Å²) in [5.41, 5.74) is -1.83. The summed E-state index contributed by atoms with van der Waals surface area (Å²) >= 11 is 0. The molecule has 5 unspecified atom stereocenters. The molecule has 0 rings (SSSR count). The molecule has 0 saturated heterocycles. The van der Waals surface area contributed by atoms with E-state index in [1.54, 1.807) is 6.92 Å². The lowest BCUT2D eigenvalue weighted by molar-refractivity contribution is -0.177. The van der Waals surface area contributed by atoms with Crippen LogP contribution < -0.4 is 0 Å². The van der Waals surface area contributed by atoms with Crippen LogP contribution in [0.25, 0.3) is 0 Å². The number of aliphatic carboxylic acids is 1. The molecule has 0 saturated carbocycles. The third-order valence-electron chi connectivity index (χ3n) is 3.24. The molecular weight excluding hydrogens is 212 g/mol. The van der Waals surface area contributed by atoms with Crippen LogP contribution in [-0.2, 0) is 4.79 Å². The maximum Gasteiger partial charge on any atom is 0.308 e. The van der Waals surface area contributed by atoms with Gasteiger partial charge >= 0.3 is 5.97 Å². The standard InChI is InChI=1S/C11H22O5/c1-5-6(2)8(12)11(4,16)9(13)7(3)10(14)15/h6-9,12-13,16H,5H2,1-4H3,(H,14,15). The van der Waals surface area contributed by atoms with Gasteiger partial charge in [0, 0.05) is 0 Å². The molecule has 0 aromatic carbocycles. The number of carbonyl (C=O) groups is 1. The first-order valence-corrected chi connectivity index (χ1v) is 5.47. The second-order valence-corrected chi connectivity index (χ2v) is 4.63. The normalized spacial score (nSPS) is 22.9. The maximum absolute atomic E-state index is 10.7. The smallest absolute Gasteiger partial charge is 0.308 e. The first-order valence-electron chi connectivity index (χ1n) is 5.47. The molecule has 0 amide bonds. The SMILES string of the molecule is CCC(C)C(O)C(C)(O)C(O)C(C)C(=O)O. The zero-order valence-electron chi connectivity index (χ0n) is 10.2. The highest BCUT2D eigenvalue weighted by Gasteiger charge is 2.44. The van der Waals surface area contributed by atoms with Crippen LogP contribution in [0.2, 0.25) is 0 Å². The van der Waals surface area contributed by atoms with E-state index in [9.17, 15) is 20.1 Å². The minimum absolute atomic E-state index is 0.217. The minimum atomic E-state index is -1.83. The van der Waals surface area contributed by atoms with E-state index in [1.807, 2.05) is 6.92 Å². The number of hydrogen-bond acceptors (Lipinski definition) is 4. The van der Waals surface area contributed by atoms with E-state index in [2.05, 4.69) is 0 Å². The lowest BCUT2D eigenvalue weighted by Crippen LogP contribution is -2.55. The number of rotatable bonds is 6. The molecule has 0 spiro atoms. The minimum Gasteiger partial charge on any atom is -0.481 e. The van der Waals surface area contributed by atoms with Gasteiger partial charge in [-0.2, -0.15) is 0 Å². The molecule has 0 aromatic heterocycles. The van der Waals surface area contributed by atoms with Gasteiger partial charge in [-0.05, 0) is 19.8 Å². The van der Waals surface area contributed by atoms with Crippen LogP contribution >= 0.6 is 0 Å². The fraction of sp³-hybridized carbons (Fsp3) is 0.909. The van der Waals surface area contributed by atoms with Crippen LogP contribution in [0.4, 0.5) is 0 Å². The summed E-state index contributed by atoms with van der Waals surface area (Å²) in [6.45, 7) is 6.13. The molecule has 0 aliphatic rings. The summed E-state index contributed by atoms with van der Waals surface area (Å²) in [4.78, 5) is 10.7. The zero-order valence-corrected chi connectivity index (χ0v) is 10.2. The van der Waals surface area contributed by atoms with Gasteiger partial charge in [-0.1, -0.05) is 20.3 Å². The van der Waals surface area contributed by atoms with Crippen LogP contribution in [0.3, 0.4) is 0 Å². The Bertz CT molecular complexity index is 239.